The summed E-state index contributed by atoms with van der Waals surface area (Å²) >= 11 is 10.5. The largest absolute Gasteiger partial charge is 0.771 e. The number of aromatic nitrogens is 1. The zero-order chi connectivity index (χ0) is 30.4. The van der Waals surface area contributed by atoms with Gasteiger partial charge < -0.3 is 24.0 Å². The number of hydrogen-bond donors (Lipinski definition) is 1. The van der Waals surface area contributed by atoms with E-state index in [9.17, 15) is 13.6 Å². The summed E-state index contributed by atoms with van der Waals surface area (Å²) in [7, 11) is 0. The number of amides is 1. The number of fused-ring (bicyclic) bond motifs is 2. The summed E-state index contributed by atoms with van der Waals surface area (Å²) in [4.78, 5) is 14.7. The highest BCUT2D eigenvalue weighted by molar-refractivity contribution is 7.79. The molecule has 8 nitrogen and oxygen atoms in total. The molecule has 2 heterocycles. The third-order valence-corrected chi connectivity index (χ3v) is 10.0. The molecule has 3 fully saturated rings. The number of halogens is 3. The number of nitrogens with one attached hydrogen (secondary N) is 1. The summed E-state index contributed by atoms with van der Waals surface area (Å²) in [6, 6.07) is 9.77. The summed E-state index contributed by atoms with van der Waals surface area (Å²) in [5.41, 5.74) is 2.66. The van der Waals surface area contributed by atoms with E-state index in [2.05, 4.69) is 10.5 Å². The van der Waals surface area contributed by atoms with E-state index in [4.69, 9.17) is 32.5 Å². The van der Waals surface area contributed by atoms with Crippen LogP contribution in [0.5, 0.6) is 0 Å². The first-order chi connectivity index (χ1) is 20.6. The van der Waals surface area contributed by atoms with Gasteiger partial charge in [0.05, 0.1) is 33.8 Å². The average Bonchev–Trinajstić information content (AvgIpc) is 3.41. The molecule has 0 spiro atoms. The van der Waals surface area contributed by atoms with E-state index in [1.807, 2.05) is 18.7 Å². The molecule has 0 radical (unpaired) electrons. The Morgan fingerprint density at radius 2 is 1.98 bits per heavy atom. The van der Waals surface area contributed by atoms with Crippen LogP contribution in [0.1, 0.15) is 73.6 Å². The van der Waals surface area contributed by atoms with Crippen LogP contribution >= 0.6 is 23.2 Å². The Morgan fingerprint density at radius 1 is 1.23 bits per heavy atom. The second-order valence-electron chi connectivity index (χ2n) is 12.2. The molecule has 3 aromatic rings. The average molecular weight is 650 g/mol. The van der Waals surface area contributed by atoms with E-state index in [1.165, 1.54) is 6.07 Å². The number of anilines is 1. The van der Waals surface area contributed by atoms with Crippen molar-refractivity contribution in [1.29, 1.82) is 0 Å². The third kappa shape index (κ3) is 6.35. The first-order valence-electron chi connectivity index (χ1n) is 14.6. The first-order valence-corrected chi connectivity index (χ1v) is 16.5. The lowest BCUT2D eigenvalue weighted by molar-refractivity contribution is 0.0122. The summed E-state index contributed by atoms with van der Waals surface area (Å²) in [6.07, 6.45) is 3.98. The predicted octanol–water partition coefficient (Wildman–Crippen LogP) is 6.83. The van der Waals surface area contributed by atoms with Gasteiger partial charge >= 0.3 is 0 Å². The van der Waals surface area contributed by atoms with Crippen molar-refractivity contribution in [2.45, 2.75) is 76.0 Å². The second kappa shape index (κ2) is 12.5. The Hall–Kier alpha value is -2.50. The summed E-state index contributed by atoms with van der Waals surface area (Å²) < 4.78 is 50.6. The molecule has 2 saturated carbocycles. The van der Waals surface area contributed by atoms with Gasteiger partial charge in [0.1, 0.15) is 17.3 Å². The maximum atomic E-state index is 15.3. The van der Waals surface area contributed by atoms with Gasteiger partial charge in [-0.3, -0.25) is 9.00 Å². The summed E-state index contributed by atoms with van der Waals surface area (Å²) in [5, 5.41) is 6.82. The monoisotopic (exact) mass is 648 g/mol. The van der Waals surface area contributed by atoms with Gasteiger partial charge in [0.15, 0.2) is 0 Å². The van der Waals surface area contributed by atoms with Crippen LogP contribution in [0.15, 0.2) is 40.9 Å². The molecule has 1 amide bonds. The Morgan fingerprint density at radius 3 is 2.58 bits per heavy atom. The normalized spacial score (nSPS) is 22.8. The van der Waals surface area contributed by atoms with Crippen molar-refractivity contribution in [2.75, 3.05) is 11.4 Å². The minimum absolute atomic E-state index is 0.00302. The number of carbonyl (C=O) groups is 1. The summed E-state index contributed by atoms with van der Waals surface area (Å²) in [6.45, 7) is 4.69. The molecule has 43 heavy (non-hydrogen) atoms. The Balaban J connectivity index is 1.11. The molecule has 6 rings (SSSR count). The number of rotatable bonds is 11. The van der Waals surface area contributed by atoms with Gasteiger partial charge in [-0.1, -0.05) is 48.3 Å². The molecule has 3 aliphatic rings. The Kier molecular flexibility index (Phi) is 8.86. The quantitative estimate of drug-likeness (QED) is 0.227. The molecular weight excluding hydrogens is 616 g/mol. The highest BCUT2D eigenvalue weighted by Crippen LogP contribution is 2.47. The fraction of sp³-hybridized carbons (Fsp3) is 0.484. The molecule has 1 saturated heterocycles. The molecule has 2 bridgehead atoms. The molecule has 1 N–H and O–H groups in total. The highest BCUT2D eigenvalue weighted by atomic mass is 35.5. The molecular formula is C31H33Cl2FN3O5S-. The SMILES string of the molecule is CC(C)CC(NC(=O)c1ccc(N2C[C@@H]3C[C@H]2C[C@H]3OCc2c(-c3c(Cl)cccc3Cl)noc2C2CC2)c(F)c1)S(=O)[O-]. The molecule has 2 unspecified atom stereocenters. The molecule has 12 heteroatoms. The molecule has 5 atom stereocenters. The Labute approximate surface area is 262 Å². The van der Waals surface area contributed by atoms with Gasteiger partial charge in [-0.15, -0.1) is 0 Å². The fourth-order valence-corrected chi connectivity index (χ4v) is 7.69. The standard InChI is InChI=1S/C31H34Cl2FN3O5S/c1-16(2)10-27(43(39)40)35-31(38)18-8-9-25(24(34)12-18)37-14-19-11-20(37)13-26(19)41-15-21-29(36-42-30(21)17-6-7-17)28-22(32)4-3-5-23(28)33/h3-5,8-9,12,16-17,19-20,26-27H,6-7,10-11,13-15H2,1-2H3,(H,35,38)(H,39,40)/p-1/t19-,20-,26+,27?/m0/s1. The predicted molar refractivity (Wildman–Crippen MR) is 162 cm³/mol. The molecule has 1 aliphatic heterocycles. The topological polar surface area (TPSA) is 108 Å². The number of nitrogens with zero attached hydrogens (tertiary/aromatic N) is 2. The lowest BCUT2D eigenvalue weighted by Gasteiger charge is -2.33. The van der Waals surface area contributed by atoms with E-state index in [-0.39, 0.29) is 36.0 Å². The van der Waals surface area contributed by atoms with E-state index in [0.29, 0.717) is 46.1 Å². The molecule has 230 valence electrons. The van der Waals surface area contributed by atoms with Crippen molar-refractivity contribution in [3.8, 4) is 11.3 Å². The van der Waals surface area contributed by atoms with Crippen LogP contribution in [0.25, 0.3) is 11.3 Å². The van der Waals surface area contributed by atoms with Crippen LogP contribution in [0.3, 0.4) is 0 Å². The van der Waals surface area contributed by atoms with Crippen molar-refractivity contribution in [3.63, 3.8) is 0 Å². The van der Waals surface area contributed by atoms with E-state index >= 15 is 4.39 Å². The minimum atomic E-state index is -2.48. The zero-order valence-electron chi connectivity index (χ0n) is 23.9. The fourth-order valence-electron chi connectivity index (χ4n) is 6.37. The van der Waals surface area contributed by atoms with Gasteiger partial charge in [-0.2, -0.15) is 0 Å². The first kappa shape index (κ1) is 30.5. The molecule has 2 aromatic carbocycles. The smallest absolute Gasteiger partial charge is 0.252 e. The van der Waals surface area contributed by atoms with Crippen LogP contribution in [0.4, 0.5) is 10.1 Å². The lowest BCUT2D eigenvalue weighted by atomic mass is 10.0. The number of piperidine rings is 1. The van der Waals surface area contributed by atoms with Crippen molar-refractivity contribution < 1.29 is 27.2 Å². The van der Waals surface area contributed by atoms with Gasteiger partial charge in [0, 0.05) is 41.1 Å². The number of hydrogen-bond acceptors (Lipinski definition) is 7. The van der Waals surface area contributed by atoms with Gasteiger partial charge in [-0.25, -0.2) is 4.39 Å². The second-order valence-corrected chi connectivity index (χ2v) is 14.1. The maximum Gasteiger partial charge on any atom is 0.252 e. The van der Waals surface area contributed by atoms with Crippen LogP contribution in [-0.4, -0.2) is 43.9 Å². The van der Waals surface area contributed by atoms with Crippen LogP contribution in [0, 0.1) is 17.7 Å². The van der Waals surface area contributed by atoms with E-state index in [1.54, 1.807) is 30.3 Å². The maximum absolute atomic E-state index is 15.3. The van der Waals surface area contributed by atoms with Gasteiger partial charge in [0.2, 0.25) is 0 Å². The minimum Gasteiger partial charge on any atom is -0.771 e. The van der Waals surface area contributed by atoms with Crippen LogP contribution < -0.4 is 10.2 Å². The number of benzene rings is 2. The van der Waals surface area contributed by atoms with E-state index in [0.717, 1.165) is 37.0 Å². The van der Waals surface area contributed by atoms with Crippen LogP contribution in [0.2, 0.25) is 10.0 Å². The van der Waals surface area contributed by atoms with Crippen molar-refractivity contribution >= 4 is 45.9 Å². The number of ether oxygens (including phenoxy) is 1. The molecule has 1 aromatic heterocycles. The number of carbonyl (C=O) groups excluding carboxylic acids is 1. The van der Waals surface area contributed by atoms with E-state index < -0.39 is 28.2 Å². The van der Waals surface area contributed by atoms with Gasteiger partial charge in [0.25, 0.3) is 5.91 Å². The van der Waals surface area contributed by atoms with Crippen molar-refractivity contribution in [2.24, 2.45) is 11.8 Å². The van der Waals surface area contributed by atoms with Gasteiger partial charge in [-0.05, 0) is 79.4 Å². The lowest BCUT2D eigenvalue weighted by Crippen LogP contribution is -2.40. The summed E-state index contributed by atoms with van der Waals surface area (Å²) in [5.74, 6) is 0.315. The Bertz CT molecular complexity index is 1530. The zero-order valence-corrected chi connectivity index (χ0v) is 26.2. The third-order valence-electron chi connectivity index (χ3n) is 8.61. The molecule has 2 aliphatic carbocycles. The van der Waals surface area contributed by atoms with Crippen molar-refractivity contribution in [3.05, 3.63) is 69.1 Å². The highest BCUT2D eigenvalue weighted by Gasteiger charge is 2.46. The van der Waals surface area contributed by atoms with Crippen LogP contribution in [-0.2, 0) is 22.4 Å². The van der Waals surface area contributed by atoms with Crippen molar-refractivity contribution in [1.82, 2.24) is 10.5 Å².